The molecule has 0 amide bonds. The van der Waals surface area contributed by atoms with Crippen molar-refractivity contribution < 1.29 is 23.8 Å². The molecule has 0 unspecified atom stereocenters. The number of methoxy groups -OCH3 is 1. The molecule has 6 nitrogen and oxygen atoms in total. The van der Waals surface area contributed by atoms with E-state index in [9.17, 15) is 0 Å². The SMILES string of the molecule is CO[C@@]12CCON(Cc3ccccc3)[C@@H]1[C@@H]1O[C@H](C)OC[C@H]1O2. The van der Waals surface area contributed by atoms with Gasteiger partial charge in [-0.25, -0.2) is 0 Å². The first-order chi connectivity index (χ1) is 11.2. The van der Waals surface area contributed by atoms with Gasteiger partial charge in [0.2, 0.25) is 0 Å². The summed E-state index contributed by atoms with van der Waals surface area (Å²) in [6.45, 7) is 3.66. The molecule has 0 spiro atoms. The van der Waals surface area contributed by atoms with Crippen molar-refractivity contribution in [2.75, 3.05) is 20.3 Å². The third-order valence-electron chi connectivity index (χ3n) is 4.87. The first kappa shape index (κ1) is 15.5. The molecule has 23 heavy (non-hydrogen) atoms. The van der Waals surface area contributed by atoms with E-state index >= 15 is 0 Å². The van der Waals surface area contributed by atoms with Crippen LogP contribution in [0.3, 0.4) is 0 Å². The fourth-order valence-electron chi connectivity index (χ4n) is 3.78. The molecule has 3 aliphatic heterocycles. The minimum atomic E-state index is -0.699. The van der Waals surface area contributed by atoms with Crippen LogP contribution in [0.4, 0.5) is 0 Å². The number of hydroxylamine groups is 2. The van der Waals surface area contributed by atoms with Crippen molar-refractivity contribution in [3.63, 3.8) is 0 Å². The minimum Gasteiger partial charge on any atom is -0.351 e. The second-order valence-electron chi connectivity index (χ2n) is 6.26. The Labute approximate surface area is 136 Å². The predicted octanol–water partition coefficient (Wildman–Crippen LogP) is 1.70. The molecule has 6 heteroatoms. The van der Waals surface area contributed by atoms with E-state index in [1.54, 1.807) is 7.11 Å². The average molecular weight is 321 g/mol. The molecule has 0 aliphatic carbocycles. The molecule has 3 heterocycles. The monoisotopic (exact) mass is 321 g/mol. The van der Waals surface area contributed by atoms with E-state index in [4.69, 9.17) is 23.8 Å². The van der Waals surface area contributed by atoms with Gasteiger partial charge in [-0.2, -0.15) is 5.06 Å². The van der Waals surface area contributed by atoms with Gasteiger partial charge in [0.15, 0.2) is 12.1 Å². The fourth-order valence-corrected chi connectivity index (χ4v) is 3.78. The van der Waals surface area contributed by atoms with Gasteiger partial charge in [-0.1, -0.05) is 30.3 Å². The van der Waals surface area contributed by atoms with E-state index in [0.717, 1.165) is 0 Å². The summed E-state index contributed by atoms with van der Waals surface area (Å²) < 4.78 is 23.7. The highest BCUT2D eigenvalue weighted by Gasteiger charge is 2.62. The second kappa shape index (κ2) is 6.12. The van der Waals surface area contributed by atoms with Crippen LogP contribution in [0.2, 0.25) is 0 Å². The van der Waals surface area contributed by atoms with E-state index in [0.29, 0.717) is 26.2 Å². The zero-order chi connectivity index (χ0) is 15.9. The first-order valence-corrected chi connectivity index (χ1v) is 8.15. The average Bonchev–Trinajstić information content (AvgIpc) is 2.91. The van der Waals surface area contributed by atoms with Crippen LogP contribution in [0.15, 0.2) is 30.3 Å². The van der Waals surface area contributed by atoms with Gasteiger partial charge in [0.05, 0.1) is 13.2 Å². The molecule has 3 fully saturated rings. The summed E-state index contributed by atoms with van der Waals surface area (Å²) in [7, 11) is 1.70. The predicted molar refractivity (Wildman–Crippen MR) is 81.2 cm³/mol. The lowest BCUT2D eigenvalue weighted by atomic mass is 9.96. The van der Waals surface area contributed by atoms with E-state index in [1.165, 1.54) is 5.56 Å². The molecule has 0 saturated carbocycles. The smallest absolute Gasteiger partial charge is 0.191 e. The molecule has 3 aliphatic rings. The Morgan fingerprint density at radius 1 is 1.30 bits per heavy atom. The maximum atomic E-state index is 6.23. The number of hydrogen-bond acceptors (Lipinski definition) is 6. The third-order valence-corrected chi connectivity index (χ3v) is 4.87. The Kier molecular flexibility index (Phi) is 4.13. The number of fused-ring (bicyclic) bond motifs is 3. The van der Waals surface area contributed by atoms with Crippen LogP contribution >= 0.6 is 0 Å². The van der Waals surface area contributed by atoms with Crippen molar-refractivity contribution >= 4 is 0 Å². The molecule has 126 valence electrons. The highest BCUT2D eigenvalue weighted by Crippen LogP contribution is 2.44. The summed E-state index contributed by atoms with van der Waals surface area (Å²) in [4.78, 5) is 5.96. The molecule has 1 aromatic rings. The molecule has 0 bridgehead atoms. The Morgan fingerprint density at radius 3 is 2.91 bits per heavy atom. The van der Waals surface area contributed by atoms with Gasteiger partial charge in [0.1, 0.15) is 18.2 Å². The summed E-state index contributed by atoms with van der Waals surface area (Å²) in [5.41, 5.74) is 1.18. The van der Waals surface area contributed by atoms with Crippen LogP contribution < -0.4 is 0 Å². The lowest BCUT2D eigenvalue weighted by molar-refractivity contribution is -0.333. The van der Waals surface area contributed by atoms with Crippen molar-refractivity contribution in [1.29, 1.82) is 0 Å². The van der Waals surface area contributed by atoms with E-state index < -0.39 is 5.79 Å². The lowest BCUT2D eigenvalue weighted by Crippen LogP contribution is -2.60. The summed E-state index contributed by atoms with van der Waals surface area (Å²) in [6.07, 6.45) is 0.191. The van der Waals surface area contributed by atoms with Crippen LogP contribution in [0, 0.1) is 0 Å². The van der Waals surface area contributed by atoms with E-state index in [2.05, 4.69) is 12.1 Å². The number of ether oxygens (including phenoxy) is 4. The maximum absolute atomic E-state index is 6.23. The molecule has 4 rings (SSSR count). The summed E-state index contributed by atoms with van der Waals surface area (Å²) in [5.74, 6) is -0.699. The van der Waals surface area contributed by atoms with Crippen molar-refractivity contribution in [2.45, 2.75) is 50.2 Å². The van der Waals surface area contributed by atoms with Crippen molar-refractivity contribution in [2.24, 2.45) is 0 Å². The molecule has 3 saturated heterocycles. The van der Waals surface area contributed by atoms with Gasteiger partial charge < -0.3 is 18.9 Å². The van der Waals surface area contributed by atoms with Gasteiger partial charge in [-0.15, -0.1) is 0 Å². The van der Waals surface area contributed by atoms with Gasteiger partial charge in [-0.05, 0) is 12.5 Å². The molecule has 5 atom stereocenters. The first-order valence-electron chi connectivity index (χ1n) is 8.15. The molecular weight excluding hydrogens is 298 g/mol. The van der Waals surface area contributed by atoms with Crippen LogP contribution in [0.25, 0.3) is 0 Å². The van der Waals surface area contributed by atoms with Crippen LogP contribution in [0.1, 0.15) is 18.9 Å². The van der Waals surface area contributed by atoms with Crippen molar-refractivity contribution in [1.82, 2.24) is 5.06 Å². The van der Waals surface area contributed by atoms with Crippen LogP contribution in [0.5, 0.6) is 0 Å². The number of benzene rings is 1. The van der Waals surface area contributed by atoms with Crippen LogP contribution in [-0.2, 0) is 30.3 Å². The van der Waals surface area contributed by atoms with E-state index in [-0.39, 0.29) is 24.5 Å². The standard InChI is InChI=1S/C17H23NO5/c1-12-20-11-14-15(22-12)16-17(19-2,23-14)8-9-21-18(16)10-13-6-4-3-5-7-13/h3-7,12,14-16H,8-11H2,1-2H3/t12-,14-,15-,16-,17-/m1/s1. The van der Waals surface area contributed by atoms with Crippen molar-refractivity contribution in [3.05, 3.63) is 35.9 Å². The van der Waals surface area contributed by atoms with Gasteiger partial charge in [0, 0.05) is 20.1 Å². The Morgan fingerprint density at radius 2 is 2.13 bits per heavy atom. The second-order valence-corrected chi connectivity index (χ2v) is 6.26. The number of hydrogen-bond donors (Lipinski definition) is 0. The number of nitrogens with zero attached hydrogens (tertiary/aromatic N) is 1. The maximum Gasteiger partial charge on any atom is 0.191 e. The summed E-state index contributed by atoms with van der Waals surface area (Å²) >= 11 is 0. The zero-order valence-corrected chi connectivity index (χ0v) is 13.5. The van der Waals surface area contributed by atoms with E-state index in [1.807, 2.05) is 30.2 Å². The highest BCUT2D eigenvalue weighted by atomic mass is 16.8. The molecule has 0 aromatic heterocycles. The molecule has 0 radical (unpaired) electrons. The normalized spacial score (nSPS) is 40.6. The summed E-state index contributed by atoms with van der Waals surface area (Å²) in [5, 5.41) is 1.96. The Balaban J connectivity index is 1.62. The van der Waals surface area contributed by atoms with Gasteiger partial charge in [-0.3, -0.25) is 4.84 Å². The van der Waals surface area contributed by atoms with Crippen LogP contribution in [-0.4, -0.2) is 55.7 Å². The molecule has 1 aromatic carbocycles. The Bertz CT molecular complexity index is 541. The molecular formula is C17H23NO5. The minimum absolute atomic E-state index is 0.113. The third kappa shape index (κ3) is 2.69. The Hall–Kier alpha value is -1.02. The quantitative estimate of drug-likeness (QED) is 0.844. The lowest BCUT2D eigenvalue weighted by Gasteiger charge is -2.44. The fraction of sp³-hybridized carbons (Fsp3) is 0.647. The number of rotatable bonds is 3. The van der Waals surface area contributed by atoms with Gasteiger partial charge >= 0.3 is 0 Å². The zero-order valence-electron chi connectivity index (χ0n) is 13.5. The summed E-state index contributed by atoms with van der Waals surface area (Å²) in [6, 6.07) is 10.1. The van der Waals surface area contributed by atoms with Gasteiger partial charge in [0.25, 0.3) is 0 Å². The van der Waals surface area contributed by atoms with Crippen molar-refractivity contribution in [3.8, 4) is 0 Å². The highest BCUT2D eigenvalue weighted by molar-refractivity contribution is 5.15. The largest absolute Gasteiger partial charge is 0.351 e. The molecule has 0 N–H and O–H groups in total. The topological polar surface area (TPSA) is 49.4 Å².